The summed E-state index contributed by atoms with van der Waals surface area (Å²) in [5.74, 6) is 0.934. The molecule has 0 radical (unpaired) electrons. The Morgan fingerprint density at radius 3 is 2.33 bits per heavy atom. The molecule has 0 aromatic carbocycles. The number of hydrogen-bond acceptors (Lipinski definition) is 1. The summed E-state index contributed by atoms with van der Waals surface area (Å²) in [5.41, 5.74) is 0. The first-order chi connectivity index (χ1) is 5.70. The highest BCUT2D eigenvalue weighted by Gasteiger charge is 2.17. The number of amides is 1. The van der Waals surface area contributed by atoms with Gasteiger partial charge in [-0.2, -0.15) is 0 Å². The fraction of sp³-hybridized carbons (Fsp3) is 0.900. The van der Waals surface area contributed by atoms with E-state index >= 15 is 0 Å². The third-order valence-corrected chi connectivity index (χ3v) is 2.10. The molecule has 0 N–H and O–H groups in total. The molecule has 0 saturated carbocycles. The van der Waals surface area contributed by atoms with Crippen molar-refractivity contribution in [2.75, 3.05) is 13.1 Å². The van der Waals surface area contributed by atoms with E-state index in [4.69, 9.17) is 0 Å². The number of piperidine rings is 1. The van der Waals surface area contributed by atoms with E-state index in [1.807, 2.05) is 18.7 Å². The molecule has 0 bridgehead atoms. The van der Waals surface area contributed by atoms with Crippen molar-refractivity contribution in [3.05, 3.63) is 0 Å². The van der Waals surface area contributed by atoms with Gasteiger partial charge in [0.25, 0.3) is 0 Å². The Labute approximate surface area is 75.9 Å². The lowest BCUT2D eigenvalue weighted by Crippen LogP contribution is -2.37. The van der Waals surface area contributed by atoms with Crippen molar-refractivity contribution in [1.29, 1.82) is 0 Å². The van der Waals surface area contributed by atoms with Crippen LogP contribution in [0, 0.1) is 5.92 Å². The van der Waals surface area contributed by atoms with Gasteiger partial charge in [-0.3, -0.25) is 4.79 Å². The van der Waals surface area contributed by atoms with Crippen LogP contribution in [0.2, 0.25) is 0 Å². The van der Waals surface area contributed by atoms with Crippen molar-refractivity contribution in [1.82, 2.24) is 4.90 Å². The predicted octanol–water partition coefficient (Wildman–Crippen LogP) is 2.29. The second-order valence-electron chi connectivity index (χ2n) is 3.21. The van der Waals surface area contributed by atoms with E-state index in [-0.39, 0.29) is 5.91 Å². The molecule has 12 heavy (non-hydrogen) atoms. The molecule has 0 aromatic heterocycles. The highest BCUT2D eigenvalue weighted by molar-refractivity contribution is 5.73. The molecule has 2 heteroatoms. The van der Waals surface area contributed by atoms with Crippen molar-refractivity contribution in [2.24, 2.45) is 5.92 Å². The zero-order valence-electron chi connectivity index (χ0n) is 8.76. The summed E-state index contributed by atoms with van der Waals surface area (Å²) in [5, 5.41) is 0. The van der Waals surface area contributed by atoms with Gasteiger partial charge >= 0.3 is 0 Å². The summed E-state index contributed by atoms with van der Waals surface area (Å²) in [6.07, 6.45) is 2.46. The molecular weight excluding hydrogens is 150 g/mol. The summed E-state index contributed by atoms with van der Waals surface area (Å²) in [6, 6.07) is 0. The van der Waals surface area contributed by atoms with Crippen LogP contribution in [0.5, 0.6) is 0 Å². The van der Waals surface area contributed by atoms with E-state index in [1.165, 1.54) is 12.8 Å². The molecule has 1 heterocycles. The van der Waals surface area contributed by atoms with Crippen molar-refractivity contribution < 1.29 is 4.79 Å². The molecule has 1 aliphatic heterocycles. The fourth-order valence-corrected chi connectivity index (χ4v) is 1.48. The predicted molar refractivity (Wildman–Crippen MR) is 52.0 cm³/mol. The van der Waals surface area contributed by atoms with Crippen LogP contribution in [0.4, 0.5) is 0 Å². The van der Waals surface area contributed by atoms with Crippen LogP contribution >= 0.6 is 0 Å². The van der Waals surface area contributed by atoms with Gasteiger partial charge in [-0.05, 0) is 18.8 Å². The van der Waals surface area contributed by atoms with Crippen LogP contribution in [0.15, 0.2) is 0 Å². The average molecular weight is 171 g/mol. The molecule has 1 unspecified atom stereocenters. The van der Waals surface area contributed by atoms with E-state index in [0.29, 0.717) is 5.92 Å². The van der Waals surface area contributed by atoms with Gasteiger partial charge in [-0.15, -0.1) is 0 Å². The Morgan fingerprint density at radius 2 is 2.00 bits per heavy atom. The molecule has 1 amide bonds. The molecule has 0 aromatic rings. The van der Waals surface area contributed by atoms with Crippen LogP contribution in [0.3, 0.4) is 0 Å². The second-order valence-corrected chi connectivity index (χ2v) is 3.21. The van der Waals surface area contributed by atoms with E-state index in [9.17, 15) is 4.79 Å². The fourth-order valence-electron chi connectivity index (χ4n) is 1.48. The maximum absolute atomic E-state index is 10.9. The lowest BCUT2D eigenvalue weighted by Gasteiger charge is -2.29. The minimum atomic E-state index is 0.228. The number of likely N-dealkylation sites (tertiary alicyclic amines) is 1. The maximum Gasteiger partial charge on any atom is 0.219 e. The lowest BCUT2D eigenvalue weighted by atomic mass is 10.0. The van der Waals surface area contributed by atoms with Crippen molar-refractivity contribution in [2.45, 2.75) is 40.5 Å². The third-order valence-electron chi connectivity index (χ3n) is 2.10. The number of rotatable bonds is 0. The SMILES string of the molecule is CC.CC(=O)N1CCCC(C)C1. The number of carbonyl (C=O) groups excluding carboxylic acids is 1. The number of nitrogens with zero attached hydrogens (tertiary/aromatic N) is 1. The van der Waals surface area contributed by atoms with E-state index < -0.39 is 0 Å². The first-order valence-electron chi connectivity index (χ1n) is 4.95. The van der Waals surface area contributed by atoms with Crippen LogP contribution in [-0.4, -0.2) is 23.9 Å². The minimum absolute atomic E-state index is 0.228. The van der Waals surface area contributed by atoms with Gasteiger partial charge in [0.05, 0.1) is 0 Å². The third kappa shape index (κ3) is 3.74. The average Bonchev–Trinajstić information content (AvgIpc) is 2.08. The molecule has 1 fully saturated rings. The second kappa shape index (κ2) is 6.04. The summed E-state index contributed by atoms with van der Waals surface area (Å²) < 4.78 is 0. The molecule has 0 aliphatic carbocycles. The minimum Gasteiger partial charge on any atom is -0.343 e. The largest absolute Gasteiger partial charge is 0.343 e. The van der Waals surface area contributed by atoms with Gasteiger partial charge in [-0.1, -0.05) is 20.8 Å². The van der Waals surface area contributed by atoms with Crippen LogP contribution in [0.25, 0.3) is 0 Å². The highest BCUT2D eigenvalue weighted by atomic mass is 16.2. The van der Waals surface area contributed by atoms with Crippen LogP contribution < -0.4 is 0 Å². The topological polar surface area (TPSA) is 20.3 Å². The monoisotopic (exact) mass is 171 g/mol. The Kier molecular flexibility index (Phi) is 5.77. The van der Waals surface area contributed by atoms with Gasteiger partial charge in [-0.25, -0.2) is 0 Å². The van der Waals surface area contributed by atoms with Crippen molar-refractivity contribution in [3.8, 4) is 0 Å². The first kappa shape index (κ1) is 11.5. The molecule has 1 saturated heterocycles. The quantitative estimate of drug-likeness (QED) is 0.547. The Balaban J connectivity index is 0.000000561. The smallest absolute Gasteiger partial charge is 0.219 e. The number of hydrogen-bond donors (Lipinski definition) is 0. The van der Waals surface area contributed by atoms with Gasteiger partial charge in [0.15, 0.2) is 0 Å². The lowest BCUT2D eigenvalue weighted by molar-refractivity contribution is -0.130. The molecule has 72 valence electrons. The van der Waals surface area contributed by atoms with Crippen molar-refractivity contribution >= 4 is 5.91 Å². The molecule has 1 atom stereocenters. The standard InChI is InChI=1S/C8H15NO.C2H6/c1-7-4-3-5-9(6-7)8(2)10;1-2/h7H,3-6H2,1-2H3;1-2H3. The Hall–Kier alpha value is -0.530. The van der Waals surface area contributed by atoms with E-state index in [2.05, 4.69) is 6.92 Å². The molecule has 1 aliphatic rings. The summed E-state index contributed by atoms with van der Waals surface area (Å²) in [6.45, 7) is 9.79. The Bertz CT molecular complexity index is 134. The summed E-state index contributed by atoms with van der Waals surface area (Å²) in [7, 11) is 0. The van der Waals surface area contributed by atoms with Gasteiger partial charge in [0.1, 0.15) is 0 Å². The van der Waals surface area contributed by atoms with E-state index in [0.717, 1.165) is 13.1 Å². The normalized spacial score (nSPS) is 22.7. The van der Waals surface area contributed by atoms with Crippen molar-refractivity contribution in [3.63, 3.8) is 0 Å². The summed E-state index contributed by atoms with van der Waals surface area (Å²) in [4.78, 5) is 12.8. The first-order valence-corrected chi connectivity index (χ1v) is 4.95. The molecule has 1 rings (SSSR count). The summed E-state index contributed by atoms with van der Waals surface area (Å²) >= 11 is 0. The van der Waals surface area contributed by atoms with Crippen LogP contribution in [-0.2, 0) is 4.79 Å². The van der Waals surface area contributed by atoms with Gasteiger partial charge in [0.2, 0.25) is 5.91 Å². The molecular formula is C10H21NO. The zero-order valence-corrected chi connectivity index (χ0v) is 8.76. The zero-order chi connectivity index (χ0) is 9.56. The Morgan fingerprint density at radius 1 is 1.42 bits per heavy atom. The van der Waals surface area contributed by atoms with Gasteiger partial charge in [0, 0.05) is 20.0 Å². The number of carbonyl (C=O) groups is 1. The van der Waals surface area contributed by atoms with Gasteiger partial charge < -0.3 is 4.90 Å². The molecule has 0 spiro atoms. The maximum atomic E-state index is 10.9. The van der Waals surface area contributed by atoms with Crippen LogP contribution in [0.1, 0.15) is 40.5 Å². The molecule has 2 nitrogen and oxygen atoms in total. The van der Waals surface area contributed by atoms with E-state index in [1.54, 1.807) is 6.92 Å². The highest BCUT2D eigenvalue weighted by Crippen LogP contribution is 2.14.